The first kappa shape index (κ1) is 10.1. The first-order chi connectivity index (χ1) is 6.74. The molecule has 3 nitrogen and oxygen atoms in total. The summed E-state index contributed by atoms with van der Waals surface area (Å²) in [5.41, 5.74) is 2.84. The third-order valence-corrected chi connectivity index (χ3v) is 2.24. The lowest BCUT2D eigenvalue weighted by Gasteiger charge is -2.11. The number of nitrogens with zero attached hydrogens (tertiary/aromatic N) is 3. The van der Waals surface area contributed by atoms with Crippen molar-refractivity contribution in [3.05, 3.63) is 29.3 Å². The number of benzene rings is 1. The van der Waals surface area contributed by atoms with Crippen LogP contribution in [0.4, 0.5) is 5.69 Å². The second-order valence-electron chi connectivity index (χ2n) is 2.95. The maximum absolute atomic E-state index is 8.72. The Hall–Kier alpha value is -2.00. The smallest absolute Gasteiger partial charge is 0.182 e. The minimum Gasteiger partial charge on any atom is -0.182 e. The molecular weight excluding hydrogens is 174 g/mol. The molecule has 1 aromatic rings. The highest BCUT2D eigenvalue weighted by Gasteiger charge is 2.09. The lowest BCUT2D eigenvalue weighted by Crippen LogP contribution is -2.09. The molecule has 3 heteroatoms. The molecule has 0 amide bonds. The van der Waals surface area contributed by atoms with E-state index < -0.39 is 0 Å². The van der Waals surface area contributed by atoms with E-state index in [1.807, 2.05) is 31.4 Å². The Balaban J connectivity index is 3.24. The Morgan fingerprint density at radius 3 is 2.43 bits per heavy atom. The van der Waals surface area contributed by atoms with Crippen molar-refractivity contribution in [2.45, 2.75) is 20.3 Å². The molecule has 0 unspecified atom stereocenters. The molecule has 0 fully saturated rings. The van der Waals surface area contributed by atoms with Crippen molar-refractivity contribution < 1.29 is 0 Å². The fourth-order valence-electron chi connectivity index (χ4n) is 1.43. The van der Waals surface area contributed by atoms with Crippen molar-refractivity contribution in [1.29, 1.82) is 10.5 Å². The maximum Gasteiger partial charge on any atom is 0.198 e. The van der Waals surface area contributed by atoms with E-state index in [0.29, 0.717) is 5.69 Å². The fraction of sp³-hybridized carbons (Fsp3) is 0.273. The van der Waals surface area contributed by atoms with Gasteiger partial charge in [-0.1, -0.05) is 19.1 Å². The lowest BCUT2D eigenvalue weighted by molar-refractivity contribution is 1.10. The number of aryl methyl sites for hydroxylation is 1. The van der Waals surface area contributed by atoms with Crippen LogP contribution in [-0.2, 0) is 6.42 Å². The van der Waals surface area contributed by atoms with E-state index in [0.717, 1.165) is 22.4 Å². The van der Waals surface area contributed by atoms with Crippen molar-refractivity contribution in [3.63, 3.8) is 0 Å². The second kappa shape index (κ2) is 4.30. The van der Waals surface area contributed by atoms with Crippen LogP contribution in [-0.4, -0.2) is 0 Å². The molecule has 0 aliphatic carbocycles. The molecule has 0 N–H and O–H groups in total. The van der Waals surface area contributed by atoms with Crippen molar-refractivity contribution in [2.75, 3.05) is 4.90 Å². The molecule has 0 spiro atoms. The fourth-order valence-corrected chi connectivity index (χ4v) is 1.43. The van der Waals surface area contributed by atoms with Gasteiger partial charge in [-0.25, -0.2) is 0 Å². The van der Waals surface area contributed by atoms with Gasteiger partial charge in [-0.2, -0.15) is 15.4 Å². The molecule has 1 rings (SSSR count). The van der Waals surface area contributed by atoms with Gasteiger partial charge in [0.1, 0.15) is 0 Å². The Labute approximate surface area is 83.8 Å². The zero-order valence-electron chi connectivity index (χ0n) is 8.28. The van der Waals surface area contributed by atoms with Gasteiger partial charge in [-0.3, -0.25) is 0 Å². The molecule has 0 atom stereocenters. The summed E-state index contributed by atoms with van der Waals surface area (Å²) in [7, 11) is 0. The largest absolute Gasteiger partial charge is 0.198 e. The van der Waals surface area contributed by atoms with Crippen molar-refractivity contribution >= 4 is 5.69 Å². The van der Waals surface area contributed by atoms with Crippen LogP contribution in [0.3, 0.4) is 0 Å². The van der Waals surface area contributed by atoms with E-state index in [1.54, 1.807) is 6.07 Å². The number of rotatable bonds is 2. The van der Waals surface area contributed by atoms with Crippen LogP contribution in [0.25, 0.3) is 0 Å². The Morgan fingerprint density at radius 1 is 1.29 bits per heavy atom. The predicted molar refractivity (Wildman–Crippen MR) is 54.3 cm³/mol. The summed E-state index contributed by atoms with van der Waals surface area (Å²) < 4.78 is 0. The van der Waals surface area contributed by atoms with Crippen LogP contribution in [0.1, 0.15) is 18.1 Å². The topological polar surface area (TPSA) is 50.8 Å². The van der Waals surface area contributed by atoms with Gasteiger partial charge in [0.2, 0.25) is 0 Å². The standard InChI is InChI=1S/C11H11N3/c1-3-10-5-4-6-11(9(10)2)14(7-12)8-13/h4-6H,3H2,1-2H3. The SMILES string of the molecule is CCc1cccc(N(C#N)C#N)c1C. The van der Waals surface area contributed by atoms with Gasteiger partial charge in [0.05, 0.1) is 5.69 Å². The molecule has 0 aliphatic heterocycles. The minimum atomic E-state index is 0.675. The minimum absolute atomic E-state index is 0.675. The zero-order valence-corrected chi connectivity index (χ0v) is 8.28. The van der Waals surface area contributed by atoms with Gasteiger partial charge in [-0.05, 0) is 30.5 Å². The van der Waals surface area contributed by atoms with Crippen molar-refractivity contribution in [1.82, 2.24) is 0 Å². The third kappa shape index (κ3) is 1.67. The van der Waals surface area contributed by atoms with E-state index in [-0.39, 0.29) is 0 Å². The third-order valence-electron chi connectivity index (χ3n) is 2.24. The normalized spacial score (nSPS) is 8.86. The molecule has 0 aliphatic rings. The number of hydrogen-bond acceptors (Lipinski definition) is 3. The number of nitriles is 2. The van der Waals surface area contributed by atoms with Crippen LogP contribution in [0.5, 0.6) is 0 Å². The van der Waals surface area contributed by atoms with Crippen molar-refractivity contribution in [3.8, 4) is 12.4 Å². The van der Waals surface area contributed by atoms with Crippen molar-refractivity contribution in [2.24, 2.45) is 0 Å². The van der Waals surface area contributed by atoms with Gasteiger partial charge >= 0.3 is 0 Å². The van der Waals surface area contributed by atoms with Crippen LogP contribution in [0.2, 0.25) is 0 Å². The molecule has 0 aromatic heterocycles. The molecule has 0 heterocycles. The van der Waals surface area contributed by atoms with Gasteiger partial charge < -0.3 is 0 Å². The Kier molecular flexibility index (Phi) is 3.09. The molecule has 14 heavy (non-hydrogen) atoms. The molecular formula is C11H11N3. The summed E-state index contributed by atoms with van der Waals surface area (Å²) in [4.78, 5) is 1.02. The van der Waals surface area contributed by atoms with Gasteiger partial charge in [-0.15, -0.1) is 0 Å². The summed E-state index contributed by atoms with van der Waals surface area (Å²) >= 11 is 0. The highest BCUT2D eigenvalue weighted by molar-refractivity contribution is 5.61. The van der Waals surface area contributed by atoms with E-state index >= 15 is 0 Å². The Morgan fingerprint density at radius 2 is 1.93 bits per heavy atom. The van der Waals surface area contributed by atoms with E-state index in [9.17, 15) is 0 Å². The lowest BCUT2D eigenvalue weighted by atomic mass is 10.0. The quantitative estimate of drug-likeness (QED) is 0.524. The summed E-state index contributed by atoms with van der Waals surface area (Å²) in [5.74, 6) is 0. The average molecular weight is 185 g/mol. The Bertz CT molecular complexity index is 396. The maximum atomic E-state index is 8.72. The number of anilines is 1. The summed E-state index contributed by atoms with van der Waals surface area (Å²) in [6.07, 6.45) is 4.57. The number of hydrogen-bond donors (Lipinski definition) is 0. The van der Waals surface area contributed by atoms with Crippen LogP contribution in [0.15, 0.2) is 18.2 Å². The van der Waals surface area contributed by atoms with Gasteiger partial charge in [0.25, 0.3) is 0 Å². The molecule has 1 aromatic carbocycles. The molecule has 0 saturated carbocycles. The van der Waals surface area contributed by atoms with E-state index in [1.165, 1.54) is 0 Å². The molecule has 0 radical (unpaired) electrons. The monoisotopic (exact) mass is 185 g/mol. The zero-order chi connectivity index (χ0) is 10.6. The van der Waals surface area contributed by atoms with Crippen LogP contribution >= 0.6 is 0 Å². The highest BCUT2D eigenvalue weighted by Crippen LogP contribution is 2.22. The summed E-state index contributed by atoms with van der Waals surface area (Å²) in [5, 5.41) is 17.4. The van der Waals surface area contributed by atoms with Gasteiger partial charge in [0.15, 0.2) is 12.4 Å². The molecule has 0 bridgehead atoms. The second-order valence-corrected chi connectivity index (χ2v) is 2.95. The molecule has 0 saturated heterocycles. The summed E-state index contributed by atoms with van der Waals surface area (Å²) in [6, 6.07) is 5.65. The highest BCUT2D eigenvalue weighted by atomic mass is 15.1. The van der Waals surface area contributed by atoms with Crippen LogP contribution in [0, 0.1) is 29.8 Å². The van der Waals surface area contributed by atoms with E-state index in [4.69, 9.17) is 10.5 Å². The molecule has 70 valence electrons. The van der Waals surface area contributed by atoms with Gasteiger partial charge in [0, 0.05) is 0 Å². The van der Waals surface area contributed by atoms with E-state index in [2.05, 4.69) is 6.92 Å². The first-order valence-corrected chi connectivity index (χ1v) is 4.42. The summed E-state index contributed by atoms with van der Waals surface area (Å²) in [6.45, 7) is 3.98. The van der Waals surface area contributed by atoms with Crippen LogP contribution < -0.4 is 4.90 Å². The first-order valence-electron chi connectivity index (χ1n) is 4.42. The average Bonchev–Trinajstić information content (AvgIpc) is 2.22. The predicted octanol–water partition coefficient (Wildman–Crippen LogP) is 2.33.